The van der Waals surface area contributed by atoms with E-state index in [9.17, 15) is 0 Å². The summed E-state index contributed by atoms with van der Waals surface area (Å²) < 4.78 is 11.1. The lowest BCUT2D eigenvalue weighted by atomic mass is 9.92. The molecule has 0 radical (unpaired) electrons. The molecule has 0 bridgehead atoms. The zero-order valence-electron chi connectivity index (χ0n) is 8.35. The monoisotopic (exact) mass is 200 g/mol. The van der Waals surface area contributed by atoms with E-state index in [1.165, 1.54) is 5.57 Å². The molecule has 1 fully saturated rings. The molecule has 0 spiro atoms. The molecule has 76 valence electrons. The Morgan fingerprint density at radius 2 is 1.87 bits per heavy atom. The van der Waals surface area contributed by atoms with Crippen molar-refractivity contribution < 1.29 is 9.47 Å². The molecule has 2 heteroatoms. The van der Waals surface area contributed by atoms with Gasteiger partial charge in [0.1, 0.15) is 13.2 Å². The molecule has 0 aromatic heterocycles. The lowest BCUT2D eigenvalue weighted by Gasteiger charge is -2.26. The first-order valence-electron chi connectivity index (χ1n) is 5.18. The molecule has 1 heterocycles. The summed E-state index contributed by atoms with van der Waals surface area (Å²) >= 11 is 0. The van der Waals surface area contributed by atoms with Crippen molar-refractivity contribution in [1.29, 1.82) is 0 Å². The summed E-state index contributed by atoms with van der Waals surface area (Å²) in [6, 6.07) is 0. The molecule has 0 aromatic carbocycles. The van der Waals surface area contributed by atoms with E-state index < -0.39 is 0 Å². The summed E-state index contributed by atoms with van der Waals surface area (Å²) in [4.78, 5) is 0. The molecule has 0 amide bonds. The van der Waals surface area contributed by atoms with Crippen LogP contribution in [-0.4, -0.2) is 13.2 Å². The third-order valence-electron chi connectivity index (χ3n) is 2.68. The predicted octanol–water partition coefficient (Wildman–Crippen LogP) is 2.48. The van der Waals surface area contributed by atoms with Crippen LogP contribution in [0.25, 0.3) is 0 Å². The smallest absolute Gasteiger partial charge is 0.161 e. The summed E-state index contributed by atoms with van der Waals surface area (Å²) in [6.45, 7) is 1.30. The average molecular weight is 200 g/mol. The summed E-state index contributed by atoms with van der Waals surface area (Å²) in [5, 5.41) is 0. The van der Waals surface area contributed by atoms with E-state index in [1.54, 1.807) is 0 Å². The minimum absolute atomic E-state index is 0.320. The van der Waals surface area contributed by atoms with Gasteiger partial charge in [0.05, 0.1) is 0 Å². The first-order chi connectivity index (χ1) is 7.43. The third kappa shape index (κ3) is 1.52. The molecular weight excluding hydrogens is 188 g/mol. The van der Waals surface area contributed by atoms with Gasteiger partial charge in [-0.1, -0.05) is 30.4 Å². The molecule has 3 aliphatic rings. The Morgan fingerprint density at radius 1 is 1.00 bits per heavy atom. The fraction of sp³-hybridized carbons (Fsp3) is 0.231. The first-order valence-corrected chi connectivity index (χ1v) is 5.18. The maximum atomic E-state index is 5.56. The Balaban J connectivity index is 2.01. The van der Waals surface area contributed by atoms with Crippen LogP contribution in [0.15, 0.2) is 59.6 Å². The minimum atomic E-state index is 0.320. The van der Waals surface area contributed by atoms with Crippen molar-refractivity contribution in [2.75, 3.05) is 13.2 Å². The molecule has 1 unspecified atom stereocenters. The predicted molar refractivity (Wildman–Crippen MR) is 57.9 cm³/mol. The van der Waals surface area contributed by atoms with Crippen molar-refractivity contribution in [2.45, 2.75) is 0 Å². The molecule has 1 aliphatic heterocycles. The lowest BCUT2D eigenvalue weighted by Crippen LogP contribution is -2.18. The number of hydrogen-bond acceptors (Lipinski definition) is 2. The van der Waals surface area contributed by atoms with Crippen molar-refractivity contribution in [1.82, 2.24) is 0 Å². The van der Waals surface area contributed by atoms with Gasteiger partial charge >= 0.3 is 0 Å². The Bertz CT molecular complexity index is 422. The molecule has 3 rings (SSSR count). The van der Waals surface area contributed by atoms with Crippen LogP contribution < -0.4 is 0 Å². The normalized spacial score (nSPS) is 27.2. The maximum Gasteiger partial charge on any atom is 0.161 e. The average Bonchev–Trinajstić information content (AvgIpc) is 2.50. The fourth-order valence-electron chi connectivity index (χ4n) is 1.94. The van der Waals surface area contributed by atoms with E-state index in [2.05, 4.69) is 30.4 Å². The molecule has 1 atom stereocenters. The van der Waals surface area contributed by atoms with E-state index in [1.807, 2.05) is 12.2 Å². The van der Waals surface area contributed by atoms with Gasteiger partial charge in [-0.3, -0.25) is 0 Å². The van der Waals surface area contributed by atoms with Crippen LogP contribution in [0.3, 0.4) is 0 Å². The number of rotatable bonds is 0. The topological polar surface area (TPSA) is 18.5 Å². The summed E-state index contributed by atoms with van der Waals surface area (Å²) in [6.07, 6.45) is 14.6. The number of allylic oxidation sites excluding steroid dienone is 8. The van der Waals surface area contributed by atoms with Crippen LogP contribution in [0.4, 0.5) is 0 Å². The third-order valence-corrected chi connectivity index (χ3v) is 2.68. The Labute approximate surface area is 88.9 Å². The van der Waals surface area contributed by atoms with E-state index in [0.29, 0.717) is 19.1 Å². The van der Waals surface area contributed by atoms with E-state index in [0.717, 1.165) is 11.5 Å². The Kier molecular flexibility index (Phi) is 1.98. The van der Waals surface area contributed by atoms with Gasteiger partial charge in [0.2, 0.25) is 0 Å². The molecule has 0 saturated carbocycles. The molecule has 0 aromatic rings. The minimum Gasteiger partial charge on any atom is -0.486 e. The van der Waals surface area contributed by atoms with Gasteiger partial charge in [0, 0.05) is 5.92 Å². The van der Waals surface area contributed by atoms with Crippen LogP contribution in [0.2, 0.25) is 0 Å². The summed E-state index contributed by atoms with van der Waals surface area (Å²) in [7, 11) is 0. The van der Waals surface area contributed by atoms with Crippen LogP contribution in [0, 0.1) is 5.92 Å². The van der Waals surface area contributed by atoms with Crippen molar-refractivity contribution in [2.24, 2.45) is 5.92 Å². The second-order valence-electron chi connectivity index (χ2n) is 3.70. The van der Waals surface area contributed by atoms with Gasteiger partial charge < -0.3 is 9.47 Å². The zero-order chi connectivity index (χ0) is 10.1. The van der Waals surface area contributed by atoms with Crippen LogP contribution in [0.1, 0.15) is 0 Å². The van der Waals surface area contributed by atoms with Gasteiger partial charge in [0.25, 0.3) is 0 Å². The maximum absolute atomic E-state index is 5.56. The largest absolute Gasteiger partial charge is 0.486 e. The second kappa shape index (κ2) is 3.46. The van der Waals surface area contributed by atoms with Gasteiger partial charge in [-0.05, 0) is 17.7 Å². The highest BCUT2D eigenvalue weighted by Crippen LogP contribution is 2.32. The SMILES string of the molecule is C1=CC=C2C=C3OCCOC3=CC2C=C1. The summed E-state index contributed by atoms with van der Waals surface area (Å²) in [5.74, 6) is 2.07. The highest BCUT2D eigenvalue weighted by Gasteiger charge is 2.23. The second-order valence-corrected chi connectivity index (χ2v) is 3.70. The number of fused-ring (bicyclic) bond motifs is 2. The molecule has 2 nitrogen and oxygen atoms in total. The summed E-state index contributed by atoms with van der Waals surface area (Å²) in [5.41, 5.74) is 1.25. The molecular formula is C13H12O2. The van der Waals surface area contributed by atoms with Gasteiger partial charge in [-0.25, -0.2) is 0 Å². The quantitative estimate of drug-likeness (QED) is 0.598. The van der Waals surface area contributed by atoms with Crippen LogP contribution in [0.5, 0.6) is 0 Å². The van der Waals surface area contributed by atoms with Crippen molar-refractivity contribution >= 4 is 0 Å². The van der Waals surface area contributed by atoms with Gasteiger partial charge in [0.15, 0.2) is 11.5 Å². The molecule has 0 N–H and O–H groups in total. The standard InChI is InChI=1S/C13H12O2/c1-2-4-10-8-12-13(15-7-6-14-12)9-11(10)5-3-1/h1-5,8-10H,6-7H2. The molecule has 15 heavy (non-hydrogen) atoms. The van der Waals surface area contributed by atoms with E-state index in [-0.39, 0.29) is 0 Å². The lowest BCUT2D eigenvalue weighted by molar-refractivity contribution is 0.0575. The van der Waals surface area contributed by atoms with E-state index in [4.69, 9.17) is 9.47 Å². The number of hydrogen-bond donors (Lipinski definition) is 0. The highest BCUT2D eigenvalue weighted by atomic mass is 16.6. The van der Waals surface area contributed by atoms with Crippen molar-refractivity contribution in [3.8, 4) is 0 Å². The van der Waals surface area contributed by atoms with Crippen molar-refractivity contribution in [3.05, 3.63) is 59.6 Å². The zero-order valence-corrected chi connectivity index (χ0v) is 8.35. The Hall–Kier alpha value is -1.70. The number of ether oxygens (including phenoxy) is 2. The van der Waals surface area contributed by atoms with Crippen LogP contribution >= 0.6 is 0 Å². The van der Waals surface area contributed by atoms with Gasteiger partial charge in [-0.15, -0.1) is 0 Å². The fourth-order valence-corrected chi connectivity index (χ4v) is 1.94. The molecule has 2 aliphatic carbocycles. The first kappa shape index (κ1) is 8.60. The Morgan fingerprint density at radius 3 is 2.80 bits per heavy atom. The van der Waals surface area contributed by atoms with E-state index >= 15 is 0 Å². The molecule has 1 saturated heterocycles. The van der Waals surface area contributed by atoms with Crippen molar-refractivity contribution in [3.63, 3.8) is 0 Å². The highest BCUT2D eigenvalue weighted by molar-refractivity contribution is 5.45. The van der Waals surface area contributed by atoms with Crippen LogP contribution in [-0.2, 0) is 9.47 Å². The van der Waals surface area contributed by atoms with Gasteiger partial charge in [-0.2, -0.15) is 0 Å².